The Balaban J connectivity index is 1.81. The van der Waals surface area contributed by atoms with E-state index in [0.29, 0.717) is 18.3 Å². The number of hydrogen-bond acceptors (Lipinski definition) is 4. The Morgan fingerprint density at radius 2 is 2.11 bits per heavy atom. The molecule has 19 heavy (non-hydrogen) atoms. The normalized spacial score (nSPS) is 17.6. The van der Waals surface area contributed by atoms with Crippen LogP contribution in [0.4, 0.5) is 0 Å². The van der Waals surface area contributed by atoms with Gasteiger partial charge in [-0.3, -0.25) is 4.90 Å². The number of hydrogen-bond donors (Lipinski definition) is 2. The number of likely N-dealkylation sites (tertiary alicyclic amines) is 1. The summed E-state index contributed by atoms with van der Waals surface area (Å²) in [6, 6.07) is 5.88. The van der Waals surface area contributed by atoms with Gasteiger partial charge in [0.2, 0.25) is 0 Å². The molecule has 1 aliphatic rings. The van der Waals surface area contributed by atoms with E-state index in [1.165, 1.54) is 25.9 Å². The number of ether oxygens (including phenoxy) is 1. The van der Waals surface area contributed by atoms with Crippen LogP contribution < -0.4 is 10.1 Å². The summed E-state index contributed by atoms with van der Waals surface area (Å²) in [6.45, 7) is 6.29. The highest BCUT2D eigenvalue weighted by Gasteiger charge is 2.17. The van der Waals surface area contributed by atoms with Crippen LogP contribution in [0.1, 0.15) is 25.3 Å². The molecule has 2 N–H and O–H groups in total. The lowest BCUT2D eigenvalue weighted by molar-refractivity contribution is 0.251. The molecule has 2 rings (SSSR count). The first-order valence-corrected chi connectivity index (χ1v) is 7.01. The van der Waals surface area contributed by atoms with E-state index in [1.54, 1.807) is 19.2 Å². The Morgan fingerprint density at radius 1 is 1.37 bits per heavy atom. The summed E-state index contributed by atoms with van der Waals surface area (Å²) in [6.07, 6.45) is 2.64. The third-order valence-corrected chi connectivity index (χ3v) is 3.81. The SMILES string of the molecule is COc1ccc(O)c(CNCC(C)N2CCCC2)c1. The Labute approximate surface area is 115 Å². The number of methoxy groups -OCH3 is 1. The molecule has 1 aromatic rings. The standard InChI is InChI=1S/C15H24N2O2/c1-12(17-7-3-4-8-17)10-16-11-13-9-14(19-2)5-6-15(13)18/h5-6,9,12,16,18H,3-4,7-8,10-11H2,1-2H3. The van der Waals surface area contributed by atoms with Gasteiger partial charge in [-0.15, -0.1) is 0 Å². The number of nitrogens with one attached hydrogen (secondary N) is 1. The van der Waals surface area contributed by atoms with E-state index < -0.39 is 0 Å². The van der Waals surface area contributed by atoms with Crippen LogP contribution in [0.25, 0.3) is 0 Å². The van der Waals surface area contributed by atoms with Crippen LogP contribution in [0, 0.1) is 0 Å². The smallest absolute Gasteiger partial charge is 0.120 e. The Hall–Kier alpha value is -1.26. The zero-order valence-electron chi connectivity index (χ0n) is 11.9. The van der Waals surface area contributed by atoms with Crippen LogP contribution >= 0.6 is 0 Å². The van der Waals surface area contributed by atoms with Crippen LogP contribution in [0.3, 0.4) is 0 Å². The highest BCUT2D eigenvalue weighted by atomic mass is 16.5. The zero-order valence-corrected chi connectivity index (χ0v) is 11.9. The van der Waals surface area contributed by atoms with Crippen LogP contribution in [-0.2, 0) is 6.54 Å². The van der Waals surface area contributed by atoms with E-state index in [2.05, 4.69) is 17.1 Å². The number of rotatable bonds is 6. The number of aromatic hydroxyl groups is 1. The van der Waals surface area contributed by atoms with E-state index in [-0.39, 0.29) is 0 Å². The van der Waals surface area contributed by atoms with E-state index in [0.717, 1.165) is 17.9 Å². The third kappa shape index (κ3) is 3.85. The largest absolute Gasteiger partial charge is 0.508 e. The minimum absolute atomic E-state index is 0.321. The van der Waals surface area contributed by atoms with Gasteiger partial charge in [0.1, 0.15) is 11.5 Å². The first-order valence-electron chi connectivity index (χ1n) is 7.01. The fraction of sp³-hybridized carbons (Fsp3) is 0.600. The molecule has 0 aromatic heterocycles. The highest BCUT2D eigenvalue weighted by Crippen LogP contribution is 2.22. The first kappa shape index (κ1) is 14.2. The minimum atomic E-state index is 0.321. The predicted molar refractivity (Wildman–Crippen MR) is 76.6 cm³/mol. The summed E-state index contributed by atoms with van der Waals surface area (Å²) in [5.41, 5.74) is 0.882. The van der Waals surface area contributed by atoms with Crippen LogP contribution in [0.5, 0.6) is 11.5 Å². The Morgan fingerprint density at radius 3 is 2.79 bits per heavy atom. The van der Waals surface area contributed by atoms with Gasteiger partial charge in [-0.1, -0.05) is 0 Å². The van der Waals surface area contributed by atoms with Gasteiger partial charge in [-0.25, -0.2) is 0 Å². The summed E-state index contributed by atoms with van der Waals surface area (Å²) in [4.78, 5) is 2.51. The van der Waals surface area contributed by atoms with Crippen molar-refractivity contribution in [3.8, 4) is 11.5 Å². The lowest BCUT2D eigenvalue weighted by Crippen LogP contribution is -2.38. The van der Waals surface area contributed by atoms with Gasteiger partial charge in [0.25, 0.3) is 0 Å². The molecular weight excluding hydrogens is 240 g/mol. The second-order valence-electron chi connectivity index (χ2n) is 5.22. The van der Waals surface area contributed by atoms with Crippen LogP contribution in [-0.4, -0.2) is 42.8 Å². The molecule has 0 bridgehead atoms. The van der Waals surface area contributed by atoms with Crippen molar-refractivity contribution < 1.29 is 9.84 Å². The van der Waals surface area contributed by atoms with Crippen molar-refractivity contribution in [2.24, 2.45) is 0 Å². The van der Waals surface area contributed by atoms with Gasteiger partial charge in [0.15, 0.2) is 0 Å². The molecule has 0 aliphatic carbocycles. The van der Waals surface area contributed by atoms with Gasteiger partial charge in [0, 0.05) is 24.7 Å². The fourth-order valence-electron chi connectivity index (χ4n) is 2.56. The van der Waals surface area contributed by atoms with Crippen molar-refractivity contribution in [2.45, 2.75) is 32.4 Å². The van der Waals surface area contributed by atoms with Gasteiger partial charge in [0.05, 0.1) is 7.11 Å². The second kappa shape index (κ2) is 6.78. The fourth-order valence-corrected chi connectivity index (χ4v) is 2.56. The van der Waals surface area contributed by atoms with Gasteiger partial charge in [-0.2, -0.15) is 0 Å². The molecule has 4 heteroatoms. The van der Waals surface area contributed by atoms with Crippen molar-refractivity contribution >= 4 is 0 Å². The lowest BCUT2D eigenvalue weighted by Gasteiger charge is -2.24. The molecule has 0 saturated carbocycles. The molecule has 1 fully saturated rings. The molecule has 0 amide bonds. The lowest BCUT2D eigenvalue weighted by atomic mass is 10.2. The van der Waals surface area contributed by atoms with Crippen molar-refractivity contribution in [1.82, 2.24) is 10.2 Å². The summed E-state index contributed by atoms with van der Waals surface area (Å²) in [5, 5.41) is 13.2. The maximum atomic E-state index is 9.80. The van der Waals surface area contributed by atoms with Crippen molar-refractivity contribution in [2.75, 3.05) is 26.7 Å². The molecule has 4 nitrogen and oxygen atoms in total. The number of nitrogens with zero attached hydrogens (tertiary/aromatic N) is 1. The molecular formula is C15H24N2O2. The Bertz CT molecular complexity index is 403. The van der Waals surface area contributed by atoms with Gasteiger partial charge < -0.3 is 15.2 Å². The maximum absolute atomic E-state index is 9.80. The topological polar surface area (TPSA) is 44.7 Å². The minimum Gasteiger partial charge on any atom is -0.508 e. The summed E-state index contributed by atoms with van der Waals surface area (Å²) in [7, 11) is 1.64. The van der Waals surface area contributed by atoms with E-state index in [9.17, 15) is 5.11 Å². The first-order chi connectivity index (χ1) is 9.20. The predicted octanol–water partition coefficient (Wildman–Crippen LogP) is 1.97. The molecule has 1 unspecified atom stereocenters. The van der Waals surface area contributed by atoms with E-state index >= 15 is 0 Å². The molecule has 106 valence electrons. The second-order valence-corrected chi connectivity index (χ2v) is 5.22. The molecule has 1 aromatic carbocycles. The van der Waals surface area contributed by atoms with E-state index in [4.69, 9.17) is 4.74 Å². The van der Waals surface area contributed by atoms with E-state index in [1.807, 2.05) is 6.07 Å². The molecule has 1 heterocycles. The third-order valence-electron chi connectivity index (χ3n) is 3.81. The molecule has 1 aliphatic heterocycles. The number of phenolic OH excluding ortho intramolecular Hbond substituents is 1. The summed E-state index contributed by atoms with van der Waals surface area (Å²) in [5.74, 6) is 1.10. The summed E-state index contributed by atoms with van der Waals surface area (Å²) < 4.78 is 5.17. The summed E-state index contributed by atoms with van der Waals surface area (Å²) >= 11 is 0. The zero-order chi connectivity index (χ0) is 13.7. The quantitative estimate of drug-likeness (QED) is 0.824. The Kier molecular flexibility index (Phi) is 5.05. The van der Waals surface area contributed by atoms with Gasteiger partial charge in [-0.05, 0) is 51.1 Å². The van der Waals surface area contributed by atoms with Crippen molar-refractivity contribution in [3.05, 3.63) is 23.8 Å². The molecule has 0 spiro atoms. The van der Waals surface area contributed by atoms with Crippen LogP contribution in [0.15, 0.2) is 18.2 Å². The average Bonchev–Trinajstić information content (AvgIpc) is 2.95. The van der Waals surface area contributed by atoms with Crippen LogP contribution in [0.2, 0.25) is 0 Å². The molecule has 1 saturated heterocycles. The molecule has 1 atom stereocenters. The average molecular weight is 264 g/mol. The highest BCUT2D eigenvalue weighted by molar-refractivity contribution is 5.39. The maximum Gasteiger partial charge on any atom is 0.120 e. The number of benzene rings is 1. The van der Waals surface area contributed by atoms with Crippen molar-refractivity contribution in [1.29, 1.82) is 0 Å². The molecule has 0 radical (unpaired) electrons. The number of phenols is 1. The van der Waals surface area contributed by atoms with Gasteiger partial charge >= 0.3 is 0 Å². The monoisotopic (exact) mass is 264 g/mol. The van der Waals surface area contributed by atoms with Crippen molar-refractivity contribution in [3.63, 3.8) is 0 Å².